The lowest BCUT2D eigenvalue weighted by Gasteiger charge is -2.40. The zero-order valence-electron chi connectivity index (χ0n) is 17.9. The minimum Gasteiger partial charge on any atom is -0.481 e. The third kappa shape index (κ3) is 5.46. The third-order valence-electron chi connectivity index (χ3n) is 5.77. The van der Waals surface area contributed by atoms with Gasteiger partial charge in [0, 0.05) is 17.3 Å². The van der Waals surface area contributed by atoms with Gasteiger partial charge in [0.15, 0.2) is 0 Å². The highest BCUT2D eigenvalue weighted by Crippen LogP contribution is 2.37. The number of hydrogen-bond donors (Lipinski definition) is 2. The van der Waals surface area contributed by atoms with E-state index in [0.29, 0.717) is 24.2 Å². The lowest BCUT2D eigenvalue weighted by molar-refractivity contribution is -0.137. The van der Waals surface area contributed by atoms with Crippen molar-refractivity contribution in [2.24, 2.45) is 5.92 Å². The molecule has 0 bridgehead atoms. The molecular weight excluding hydrogens is 400 g/mol. The van der Waals surface area contributed by atoms with Gasteiger partial charge in [0.2, 0.25) is 0 Å². The highest BCUT2D eigenvalue weighted by Gasteiger charge is 2.28. The van der Waals surface area contributed by atoms with E-state index >= 15 is 0 Å². The third-order valence-corrected chi connectivity index (χ3v) is 6.03. The Morgan fingerprint density at radius 2 is 2.00 bits per heavy atom. The van der Waals surface area contributed by atoms with Crippen molar-refractivity contribution < 1.29 is 14.6 Å². The molecule has 0 spiro atoms. The van der Waals surface area contributed by atoms with Gasteiger partial charge in [-0.2, -0.15) is 0 Å². The first-order valence-corrected chi connectivity index (χ1v) is 11.0. The largest absolute Gasteiger partial charge is 0.481 e. The molecule has 0 aromatic heterocycles. The summed E-state index contributed by atoms with van der Waals surface area (Å²) in [7, 11) is 0. The zero-order valence-corrected chi connectivity index (χ0v) is 18.7. The molecule has 0 radical (unpaired) electrons. The number of nitrogens with zero attached hydrogens (tertiary/aromatic N) is 1. The molecule has 2 aromatic carbocycles. The summed E-state index contributed by atoms with van der Waals surface area (Å²) >= 11 is 6.05. The van der Waals surface area contributed by atoms with Gasteiger partial charge in [0.1, 0.15) is 0 Å². The Morgan fingerprint density at radius 1 is 1.27 bits per heavy atom. The molecule has 162 valence electrons. The normalized spacial score (nSPS) is 17.8. The molecule has 2 N–H and O–H groups in total. The van der Waals surface area contributed by atoms with E-state index in [1.54, 1.807) is 0 Å². The van der Waals surface area contributed by atoms with Crippen molar-refractivity contribution in [1.82, 2.24) is 0 Å². The number of carboxylic acid groups (broad SMARTS) is 1. The fraction of sp³-hybridized carbons (Fsp3) is 0.458. The van der Waals surface area contributed by atoms with Crippen LogP contribution in [-0.4, -0.2) is 36.9 Å². The summed E-state index contributed by atoms with van der Waals surface area (Å²) in [5.74, 6) is -0.345. The highest BCUT2D eigenvalue weighted by atomic mass is 35.5. The molecule has 1 unspecified atom stereocenters. The Hall–Kier alpha value is -2.24. The van der Waals surface area contributed by atoms with E-state index in [0.717, 1.165) is 35.6 Å². The Labute approximate surface area is 184 Å². The predicted octanol–water partition coefficient (Wildman–Crippen LogP) is 5.91. The van der Waals surface area contributed by atoms with Gasteiger partial charge in [0.05, 0.1) is 37.1 Å². The van der Waals surface area contributed by atoms with Crippen molar-refractivity contribution in [2.75, 3.05) is 30.0 Å². The number of rotatable bonds is 8. The van der Waals surface area contributed by atoms with Crippen LogP contribution >= 0.6 is 11.6 Å². The smallest absolute Gasteiger partial charge is 0.303 e. The SMILES string of the molecule is CCC(CC(=O)O)c1ccc(N2CCOC[C@@H]2C(C)C)c(Nc2ccc(Cl)cc2)c1. The van der Waals surface area contributed by atoms with Gasteiger partial charge >= 0.3 is 5.97 Å². The number of morpholine rings is 1. The van der Waals surface area contributed by atoms with E-state index in [4.69, 9.17) is 16.3 Å². The first-order chi connectivity index (χ1) is 14.4. The summed E-state index contributed by atoms with van der Waals surface area (Å²) in [6, 6.07) is 14.2. The summed E-state index contributed by atoms with van der Waals surface area (Å²) in [4.78, 5) is 13.7. The van der Waals surface area contributed by atoms with E-state index in [2.05, 4.69) is 42.3 Å². The van der Waals surface area contributed by atoms with Crippen LogP contribution in [-0.2, 0) is 9.53 Å². The summed E-state index contributed by atoms with van der Waals surface area (Å²) in [5.41, 5.74) is 4.07. The molecule has 30 heavy (non-hydrogen) atoms. The van der Waals surface area contributed by atoms with Gasteiger partial charge in [0.25, 0.3) is 0 Å². The number of carbonyl (C=O) groups is 1. The van der Waals surface area contributed by atoms with Crippen LogP contribution in [0.5, 0.6) is 0 Å². The Kier molecular flexibility index (Phi) is 7.62. The molecule has 1 fully saturated rings. The number of benzene rings is 2. The Balaban J connectivity index is 2.01. The minimum absolute atomic E-state index is 0.0205. The van der Waals surface area contributed by atoms with Crippen LogP contribution in [0.4, 0.5) is 17.1 Å². The molecule has 0 amide bonds. The quantitative estimate of drug-likeness (QED) is 0.544. The number of nitrogens with one attached hydrogen (secondary N) is 1. The number of anilines is 3. The van der Waals surface area contributed by atoms with Crippen LogP contribution in [0.2, 0.25) is 5.02 Å². The van der Waals surface area contributed by atoms with Gasteiger partial charge in [-0.25, -0.2) is 0 Å². The second-order valence-electron chi connectivity index (χ2n) is 8.19. The maximum Gasteiger partial charge on any atom is 0.303 e. The van der Waals surface area contributed by atoms with Crippen molar-refractivity contribution in [2.45, 2.75) is 45.6 Å². The lowest BCUT2D eigenvalue weighted by atomic mass is 9.92. The van der Waals surface area contributed by atoms with E-state index in [1.807, 2.05) is 31.2 Å². The average Bonchev–Trinajstić information content (AvgIpc) is 2.73. The van der Waals surface area contributed by atoms with Crippen LogP contribution < -0.4 is 10.2 Å². The predicted molar refractivity (Wildman–Crippen MR) is 123 cm³/mol. The van der Waals surface area contributed by atoms with Crippen LogP contribution in [0.3, 0.4) is 0 Å². The minimum atomic E-state index is -0.772. The lowest BCUT2D eigenvalue weighted by Crippen LogP contribution is -2.48. The molecule has 3 rings (SSSR count). The van der Waals surface area contributed by atoms with Crippen LogP contribution in [0, 0.1) is 5.92 Å². The number of hydrogen-bond acceptors (Lipinski definition) is 4. The van der Waals surface area contributed by atoms with Crippen molar-refractivity contribution >= 4 is 34.6 Å². The first kappa shape index (κ1) is 22.4. The van der Waals surface area contributed by atoms with Crippen molar-refractivity contribution in [3.05, 3.63) is 53.1 Å². The van der Waals surface area contributed by atoms with Gasteiger partial charge in [-0.3, -0.25) is 4.79 Å². The Morgan fingerprint density at radius 3 is 2.63 bits per heavy atom. The maximum atomic E-state index is 11.3. The second-order valence-corrected chi connectivity index (χ2v) is 8.63. The summed E-state index contributed by atoms with van der Waals surface area (Å²) < 4.78 is 5.75. The summed E-state index contributed by atoms with van der Waals surface area (Å²) in [6.45, 7) is 8.69. The molecule has 0 aliphatic carbocycles. The molecule has 1 heterocycles. The fourth-order valence-electron chi connectivity index (χ4n) is 4.03. The summed E-state index contributed by atoms with van der Waals surface area (Å²) in [6.07, 6.45) is 0.903. The van der Waals surface area contributed by atoms with Crippen molar-refractivity contribution in [1.29, 1.82) is 0 Å². The molecule has 1 aliphatic rings. The van der Waals surface area contributed by atoms with E-state index in [-0.39, 0.29) is 18.4 Å². The maximum absolute atomic E-state index is 11.3. The highest BCUT2D eigenvalue weighted by molar-refractivity contribution is 6.30. The molecule has 6 heteroatoms. The number of ether oxygens (including phenoxy) is 1. The second kappa shape index (κ2) is 10.2. The van der Waals surface area contributed by atoms with E-state index < -0.39 is 5.97 Å². The fourth-order valence-corrected chi connectivity index (χ4v) is 4.16. The molecule has 0 saturated carbocycles. The molecule has 1 saturated heterocycles. The Bertz CT molecular complexity index is 854. The van der Waals surface area contributed by atoms with Crippen LogP contribution in [0.25, 0.3) is 0 Å². The molecule has 1 aliphatic heterocycles. The standard InChI is InChI=1S/C24H31ClN2O3/c1-4-17(14-24(28)29)18-5-10-22(27-11-12-30-15-23(27)16(2)3)21(13-18)26-20-8-6-19(25)7-9-20/h5-10,13,16-17,23,26H,4,11-12,14-15H2,1-3H3,(H,28,29)/t17?,23-/m1/s1. The average molecular weight is 431 g/mol. The topological polar surface area (TPSA) is 61.8 Å². The number of carboxylic acids is 1. The van der Waals surface area contributed by atoms with Crippen LogP contribution in [0.15, 0.2) is 42.5 Å². The summed E-state index contributed by atoms with van der Waals surface area (Å²) in [5, 5.41) is 13.5. The molecule has 5 nitrogen and oxygen atoms in total. The zero-order chi connectivity index (χ0) is 21.7. The monoisotopic (exact) mass is 430 g/mol. The van der Waals surface area contributed by atoms with Gasteiger partial charge in [-0.15, -0.1) is 0 Å². The van der Waals surface area contributed by atoms with Crippen molar-refractivity contribution in [3.8, 4) is 0 Å². The number of halogens is 1. The van der Waals surface area contributed by atoms with E-state index in [1.165, 1.54) is 0 Å². The van der Waals surface area contributed by atoms with Gasteiger partial charge in [-0.05, 0) is 60.2 Å². The van der Waals surface area contributed by atoms with Gasteiger partial charge < -0.3 is 20.1 Å². The number of aliphatic carboxylic acids is 1. The molecule has 2 aromatic rings. The van der Waals surface area contributed by atoms with Crippen LogP contribution in [0.1, 0.15) is 45.1 Å². The molecule has 2 atom stereocenters. The first-order valence-electron chi connectivity index (χ1n) is 10.6. The molecular formula is C24H31ClN2O3. The van der Waals surface area contributed by atoms with Crippen molar-refractivity contribution in [3.63, 3.8) is 0 Å². The van der Waals surface area contributed by atoms with E-state index in [9.17, 15) is 9.90 Å². The van der Waals surface area contributed by atoms with Gasteiger partial charge in [-0.1, -0.05) is 38.4 Å².